The number of ketones is 1. The highest BCUT2D eigenvalue weighted by Crippen LogP contribution is 2.39. The van der Waals surface area contributed by atoms with Crippen LogP contribution in [0.25, 0.3) is 11.2 Å². The zero-order chi connectivity index (χ0) is 22.2. The van der Waals surface area contributed by atoms with Crippen molar-refractivity contribution in [2.75, 3.05) is 25.3 Å². The quantitative estimate of drug-likeness (QED) is 0.280. The Balaban J connectivity index is 1.54. The molecular weight excluding hydrogens is 489 g/mol. The van der Waals surface area contributed by atoms with Crippen molar-refractivity contribution in [2.45, 2.75) is 26.5 Å². The Morgan fingerprint density at radius 2 is 2.19 bits per heavy atom. The molecule has 1 atom stereocenters. The molecule has 1 aromatic carbocycles. The molecule has 2 heterocycles. The van der Waals surface area contributed by atoms with Crippen LogP contribution < -0.4 is 11.3 Å². The third-order valence-electron chi connectivity index (χ3n) is 4.19. The molecule has 166 valence electrons. The standard InChI is InChI=1S/C19H23BrN5O5P/c1-2-15(26)10-30-31(29-9-13-4-3-5-14(20)8-13)12-28-7-6-25-11-22-16-17(25)23-19(21)24-18(16)27/h3-5,8,11H,2,6-7,9-10,12H2,1H3,(H3,21,23,24,27). The lowest BCUT2D eigenvalue weighted by molar-refractivity contribution is -0.120. The lowest BCUT2D eigenvalue weighted by Crippen LogP contribution is -2.13. The van der Waals surface area contributed by atoms with Gasteiger partial charge in [0, 0.05) is 17.4 Å². The number of nitrogens with zero attached hydrogens (tertiary/aromatic N) is 3. The van der Waals surface area contributed by atoms with Crippen LogP contribution in [-0.2, 0) is 31.7 Å². The number of anilines is 1. The zero-order valence-electron chi connectivity index (χ0n) is 16.9. The summed E-state index contributed by atoms with van der Waals surface area (Å²) < 4.78 is 19.9. The van der Waals surface area contributed by atoms with E-state index in [1.165, 1.54) is 6.33 Å². The number of fused-ring (bicyclic) bond motifs is 1. The predicted octanol–water partition coefficient (Wildman–Crippen LogP) is 2.96. The number of imidazole rings is 1. The van der Waals surface area contributed by atoms with E-state index in [1.807, 2.05) is 24.3 Å². The summed E-state index contributed by atoms with van der Waals surface area (Å²) in [7, 11) is -1.42. The molecule has 3 aromatic rings. The number of hydrogen-bond donors (Lipinski definition) is 2. The smallest absolute Gasteiger partial charge is 0.280 e. The Morgan fingerprint density at radius 1 is 1.35 bits per heavy atom. The lowest BCUT2D eigenvalue weighted by Gasteiger charge is -2.17. The summed E-state index contributed by atoms with van der Waals surface area (Å²) in [5.74, 6) is 0.0240. The second-order valence-electron chi connectivity index (χ2n) is 6.50. The second-order valence-corrected chi connectivity index (χ2v) is 8.86. The van der Waals surface area contributed by atoms with Crippen molar-refractivity contribution < 1.29 is 18.6 Å². The Bertz CT molecular complexity index is 1090. The van der Waals surface area contributed by atoms with Gasteiger partial charge in [-0.3, -0.25) is 14.6 Å². The third-order valence-corrected chi connectivity index (χ3v) is 5.92. The van der Waals surface area contributed by atoms with Gasteiger partial charge in [0.15, 0.2) is 25.3 Å². The van der Waals surface area contributed by atoms with Crippen LogP contribution in [-0.4, -0.2) is 44.9 Å². The van der Waals surface area contributed by atoms with Crippen LogP contribution in [0.1, 0.15) is 18.9 Å². The van der Waals surface area contributed by atoms with Gasteiger partial charge in [-0.2, -0.15) is 4.98 Å². The van der Waals surface area contributed by atoms with E-state index in [9.17, 15) is 9.59 Å². The van der Waals surface area contributed by atoms with E-state index in [0.29, 0.717) is 31.8 Å². The molecule has 0 fully saturated rings. The molecule has 0 aliphatic heterocycles. The summed E-state index contributed by atoms with van der Waals surface area (Å²) in [5.41, 5.74) is 6.81. The van der Waals surface area contributed by atoms with Crippen molar-refractivity contribution in [1.82, 2.24) is 19.5 Å². The van der Waals surface area contributed by atoms with Gasteiger partial charge in [0.25, 0.3) is 5.56 Å². The Kier molecular flexibility index (Phi) is 8.68. The Hall–Kier alpha value is -2.17. The first-order valence-corrected chi connectivity index (χ1v) is 11.7. The normalized spacial score (nSPS) is 12.3. The molecule has 0 aliphatic carbocycles. The number of rotatable bonds is 12. The average Bonchev–Trinajstić information content (AvgIpc) is 3.15. The fourth-order valence-corrected chi connectivity index (χ4v) is 4.10. The molecule has 10 nitrogen and oxygen atoms in total. The van der Waals surface area contributed by atoms with Crippen LogP contribution in [0.2, 0.25) is 0 Å². The summed E-state index contributed by atoms with van der Waals surface area (Å²) in [4.78, 5) is 34.1. The molecule has 12 heteroatoms. The number of ether oxygens (including phenoxy) is 1. The van der Waals surface area contributed by atoms with Gasteiger partial charge in [0.2, 0.25) is 5.95 Å². The number of H-pyrrole nitrogens is 1. The highest BCUT2D eigenvalue weighted by atomic mass is 79.9. The van der Waals surface area contributed by atoms with E-state index in [0.717, 1.165) is 10.0 Å². The summed E-state index contributed by atoms with van der Waals surface area (Å²) >= 11 is 3.43. The van der Waals surface area contributed by atoms with Crippen molar-refractivity contribution in [3.8, 4) is 0 Å². The molecule has 0 aliphatic rings. The van der Waals surface area contributed by atoms with E-state index in [4.69, 9.17) is 19.5 Å². The molecule has 3 N–H and O–H groups in total. The Labute approximate surface area is 188 Å². The molecule has 0 bridgehead atoms. The minimum Gasteiger partial charge on any atom is -0.370 e. The average molecular weight is 512 g/mol. The van der Waals surface area contributed by atoms with Crippen molar-refractivity contribution in [3.05, 3.63) is 51.0 Å². The lowest BCUT2D eigenvalue weighted by atomic mass is 10.2. The van der Waals surface area contributed by atoms with Crippen LogP contribution in [0.5, 0.6) is 0 Å². The van der Waals surface area contributed by atoms with Gasteiger partial charge in [-0.25, -0.2) is 4.98 Å². The van der Waals surface area contributed by atoms with Crippen LogP contribution >= 0.6 is 24.3 Å². The number of carbonyl (C=O) groups is 1. The molecule has 0 saturated heterocycles. The van der Waals surface area contributed by atoms with E-state index >= 15 is 0 Å². The summed E-state index contributed by atoms with van der Waals surface area (Å²) in [6.07, 6.45) is 2.11. The largest absolute Gasteiger partial charge is 0.370 e. The number of hydrogen-bond acceptors (Lipinski definition) is 8. The van der Waals surface area contributed by atoms with Gasteiger partial charge in [0.05, 0.1) is 19.5 Å². The van der Waals surface area contributed by atoms with Gasteiger partial charge in [-0.05, 0) is 17.7 Å². The molecule has 2 aromatic heterocycles. The number of aromatic amines is 1. The van der Waals surface area contributed by atoms with Gasteiger partial charge in [0.1, 0.15) is 13.0 Å². The number of Topliss-reactive ketones (excluding diaryl/α,β-unsaturated/α-hetero) is 1. The van der Waals surface area contributed by atoms with E-state index in [2.05, 4.69) is 30.9 Å². The van der Waals surface area contributed by atoms with Gasteiger partial charge >= 0.3 is 0 Å². The first kappa shape index (κ1) is 23.5. The third kappa shape index (κ3) is 6.91. The molecule has 0 spiro atoms. The maximum absolute atomic E-state index is 11.9. The summed E-state index contributed by atoms with van der Waals surface area (Å²) in [6, 6.07) is 7.75. The van der Waals surface area contributed by atoms with Crippen LogP contribution in [0, 0.1) is 0 Å². The zero-order valence-corrected chi connectivity index (χ0v) is 19.4. The van der Waals surface area contributed by atoms with Gasteiger partial charge in [-0.15, -0.1) is 0 Å². The number of nitrogens with one attached hydrogen (secondary N) is 1. The van der Waals surface area contributed by atoms with Crippen molar-refractivity contribution >= 4 is 47.2 Å². The van der Waals surface area contributed by atoms with Crippen LogP contribution in [0.4, 0.5) is 5.95 Å². The first-order valence-electron chi connectivity index (χ1n) is 9.54. The highest BCUT2D eigenvalue weighted by molar-refractivity contribution is 9.10. The molecule has 0 amide bonds. The molecule has 0 saturated carbocycles. The molecule has 0 radical (unpaired) electrons. The van der Waals surface area contributed by atoms with Crippen molar-refractivity contribution in [2.24, 2.45) is 0 Å². The number of halogens is 1. The second kappa shape index (κ2) is 11.4. The van der Waals surface area contributed by atoms with Gasteiger partial charge < -0.3 is 24.1 Å². The minimum absolute atomic E-state index is 0.00248. The molecule has 3 rings (SSSR count). The summed E-state index contributed by atoms with van der Waals surface area (Å²) in [6.45, 7) is 2.84. The number of benzene rings is 1. The highest BCUT2D eigenvalue weighted by Gasteiger charge is 2.15. The number of nitrogens with two attached hydrogens (primary N) is 1. The number of aromatic nitrogens is 4. The molecule has 1 unspecified atom stereocenters. The van der Waals surface area contributed by atoms with E-state index in [-0.39, 0.29) is 35.8 Å². The van der Waals surface area contributed by atoms with Crippen LogP contribution in [0.15, 0.2) is 39.9 Å². The molecule has 31 heavy (non-hydrogen) atoms. The number of carbonyl (C=O) groups excluding carboxylic acids is 1. The van der Waals surface area contributed by atoms with Crippen LogP contribution in [0.3, 0.4) is 0 Å². The fraction of sp³-hybridized carbons (Fsp3) is 0.368. The Morgan fingerprint density at radius 3 is 2.97 bits per heavy atom. The monoisotopic (exact) mass is 511 g/mol. The SMILES string of the molecule is CCC(=O)COP(COCCn1cnc2c(=O)[nH]c(N)nc21)OCc1cccc(Br)c1. The maximum Gasteiger partial charge on any atom is 0.280 e. The molecular formula is C19H23BrN5O5P. The van der Waals surface area contributed by atoms with Crippen molar-refractivity contribution in [1.29, 1.82) is 0 Å². The van der Waals surface area contributed by atoms with Gasteiger partial charge in [-0.1, -0.05) is 35.0 Å². The topological polar surface area (TPSA) is 134 Å². The van der Waals surface area contributed by atoms with E-state index in [1.54, 1.807) is 11.5 Å². The fourth-order valence-electron chi connectivity index (χ4n) is 2.57. The minimum atomic E-state index is -1.42. The first-order chi connectivity index (χ1) is 15.0. The predicted molar refractivity (Wildman–Crippen MR) is 120 cm³/mol. The maximum atomic E-state index is 11.9. The number of nitrogen functional groups attached to an aromatic ring is 1. The summed E-state index contributed by atoms with van der Waals surface area (Å²) in [5, 5.41) is 0. The van der Waals surface area contributed by atoms with Crippen molar-refractivity contribution in [3.63, 3.8) is 0 Å². The van der Waals surface area contributed by atoms with E-state index < -0.39 is 8.38 Å².